The maximum Gasteiger partial charge on any atom is 0.293 e. The van der Waals surface area contributed by atoms with Crippen LogP contribution in [0.4, 0.5) is 11.6 Å². The van der Waals surface area contributed by atoms with Crippen molar-refractivity contribution in [1.29, 1.82) is 0 Å². The topological polar surface area (TPSA) is 85.0 Å². The fraction of sp³-hybridized carbons (Fsp3) is 0.400. The highest BCUT2D eigenvalue weighted by atomic mass is 16.2. The molecular formula is C20H26N6O2. The molecule has 1 N–H and O–H groups in total. The zero-order valence-corrected chi connectivity index (χ0v) is 16.9. The number of nitrogens with one attached hydrogen (secondary N) is 1. The van der Waals surface area contributed by atoms with Gasteiger partial charge >= 0.3 is 0 Å². The van der Waals surface area contributed by atoms with E-state index in [2.05, 4.69) is 15.4 Å². The smallest absolute Gasteiger partial charge is 0.293 e. The van der Waals surface area contributed by atoms with Gasteiger partial charge in [-0.25, -0.2) is 9.67 Å². The molecule has 3 aromatic rings. The van der Waals surface area contributed by atoms with Crippen molar-refractivity contribution in [3.63, 3.8) is 0 Å². The van der Waals surface area contributed by atoms with Crippen LogP contribution in [0.1, 0.15) is 32.0 Å². The molecular weight excluding hydrogens is 356 g/mol. The zero-order valence-electron chi connectivity index (χ0n) is 16.9. The Kier molecular flexibility index (Phi) is 5.48. The Hall–Kier alpha value is -3.16. The first-order chi connectivity index (χ1) is 13.3. The van der Waals surface area contributed by atoms with Crippen LogP contribution in [0.3, 0.4) is 0 Å². The summed E-state index contributed by atoms with van der Waals surface area (Å²) in [5, 5.41) is 7.31. The van der Waals surface area contributed by atoms with Crippen molar-refractivity contribution in [2.45, 2.75) is 39.8 Å². The minimum Gasteiger partial charge on any atom is -0.358 e. The Bertz CT molecular complexity index is 1060. The molecule has 3 rings (SSSR count). The van der Waals surface area contributed by atoms with E-state index < -0.39 is 0 Å². The lowest BCUT2D eigenvalue weighted by Crippen LogP contribution is -2.30. The third-order valence-electron chi connectivity index (χ3n) is 4.44. The fourth-order valence-corrected chi connectivity index (χ4v) is 3.11. The third-order valence-corrected chi connectivity index (χ3v) is 4.44. The number of benzene rings is 1. The molecule has 1 aromatic carbocycles. The number of para-hydroxylation sites is 2. The second-order valence-corrected chi connectivity index (χ2v) is 7.28. The standard InChI is InChI=1S/C20H26N6O2/c1-13(2)26-17(12-14(3)23-26)22-18(27)10-11-25-16-9-7-6-8-15(16)21-19(20(25)28)24(4)5/h6-9,12-13H,10-11H2,1-5H3,(H,22,27). The molecule has 8 nitrogen and oxygen atoms in total. The number of nitrogens with zero attached hydrogens (tertiary/aromatic N) is 5. The molecule has 0 saturated heterocycles. The highest BCUT2D eigenvalue weighted by molar-refractivity contribution is 5.90. The number of carbonyl (C=O) groups excluding carboxylic acids is 1. The van der Waals surface area contributed by atoms with Crippen LogP contribution >= 0.6 is 0 Å². The van der Waals surface area contributed by atoms with E-state index in [0.717, 1.165) is 11.2 Å². The number of rotatable bonds is 6. The normalized spacial score (nSPS) is 11.2. The Morgan fingerprint density at radius 2 is 1.96 bits per heavy atom. The maximum atomic E-state index is 12.9. The van der Waals surface area contributed by atoms with Crippen LogP contribution in [0.25, 0.3) is 11.0 Å². The molecule has 148 valence electrons. The van der Waals surface area contributed by atoms with Gasteiger partial charge in [-0.3, -0.25) is 9.59 Å². The molecule has 0 saturated carbocycles. The first kappa shape index (κ1) is 19.6. The fourth-order valence-electron chi connectivity index (χ4n) is 3.11. The summed E-state index contributed by atoms with van der Waals surface area (Å²) in [5.41, 5.74) is 2.07. The average Bonchev–Trinajstić information content (AvgIpc) is 3.00. The molecule has 0 radical (unpaired) electrons. The second-order valence-electron chi connectivity index (χ2n) is 7.28. The Labute approximate surface area is 163 Å². The summed E-state index contributed by atoms with van der Waals surface area (Å²) in [6.45, 7) is 6.17. The lowest BCUT2D eigenvalue weighted by Gasteiger charge is -2.16. The van der Waals surface area contributed by atoms with Crippen molar-refractivity contribution in [3.8, 4) is 0 Å². The van der Waals surface area contributed by atoms with Crippen LogP contribution in [-0.2, 0) is 11.3 Å². The summed E-state index contributed by atoms with van der Waals surface area (Å²) in [7, 11) is 3.57. The molecule has 2 aromatic heterocycles. The molecule has 0 bridgehead atoms. The van der Waals surface area contributed by atoms with Crippen LogP contribution in [0, 0.1) is 6.92 Å². The van der Waals surface area contributed by atoms with Crippen LogP contribution in [0.15, 0.2) is 35.1 Å². The van der Waals surface area contributed by atoms with Gasteiger partial charge in [0, 0.05) is 39.2 Å². The maximum absolute atomic E-state index is 12.9. The Morgan fingerprint density at radius 3 is 2.64 bits per heavy atom. The van der Waals surface area contributed by atoms with E-state index >= 15 is 0 Å². The van der Waals surface area contributed by atoms with Gasteiger partial charge in [0.2, 0.25) is 5.91 Å². The van der Waals surface area contributed by atoms with Gasteiger partial charge in [0.25, 0.3) is 5.56 Å². The van der Waals surface area contributed by atoms with Crippen molar-refractivity contribution < 1.29 is 4.79 Å². The van der Waals surface area contributed by atoms with Gasteiger partial charge in [0.15, 0.2) is 5.82 Å². The summed E-state index contributed by atoms with van der Waals surface area (Å²) in [6, 6.07) is 9.43. The van der Waals surface area contributed by atoms with Crippen molar-refractivity contribution in [3.05, 3.63) is 46.4 Å². The summed E-state index contributed by atoms with van der Waals surface area (Å²) < 4.78 is 3.40. The molecule has 0 aliphatic heterocycles. The highest BCUT2D eigenvalue weighted by Gasteiger charge is 2.15. The number of anilines is 2. The number of carbonyl (C=O) groups is 1. The van der Waals surface area contributed by atoms with E-state index in [4.69, 9.17) is 0 Å². The van der Waals surface area contributed by atoms with Gasteiger partial charge < -0.3 is 14.8 Å². The van der Waals surface area contributed by atoms with Crippen molar-refractivity contribution in [1.82, 2.24) is 19.3 Å². The van der Waals surface area contributed by atoms with Crippen molar-refractivity contribution in [2.24, 2.45) is 0 Å². The van der Waals surface area contributed by atoms with Gasteiger partial charge in [-0.1, -0.05) is 12.1 Å². The summed E-state index contributed by atoms with van der Waals surface area (Å²) in [4.78, 5) is 31.5. The SMILES string of the molecule is Cc1cc(NC(=O)CCn2c(=O)c(N(C)C)nc3ccccc32)n(C(C)C)n1. The minimum atomic E-state index is -0.209. The molecule has 2 heterocycles. The number of amides is 1. The molecule has 0 aliphatic rings. The minimum absolute atomic E-state index is 0.137. The van der Waals surface area contributed by atoms with Gasteiger partial charge in [0.1, 0.15) is 5.82 Å². The molecule has 0 aliphatic carbocycles. The molecule has 0 unspecified atom stereocenters. The quantitative estimate of drug-likeness (QED) is 0.708. The van der Waals surface area contributed by atoms with Crippen LogP contribution in [0.2, 0.25) is 0 Å². The zero-order chi connectivity index (χ0) is 20.4. The number of hydrogen-bond donors (Lipinski definition) is 1. The lowest BCUT2D eigenvalue weighted by molar-refractivity contribution is -0.116. The Balaban J connectivity index is 1.85. The first-order valence-electron chi connectivity index (χ1n) is 9.31. The second kappa shape index (κ2) is 7.84. The van der Waals surface area contributed by atoms with E-state index in [1.54, 1.807) is 28.2 Å². The molecule has 8 heteroatoms. The van der Waals surface area contributed by atoms with Gasteiger partial charge in [-0.05, 0) is 32.9 Å². The van der Waals surface area contributed by atoms with Crippen molar-refractivity contribution >= 4 is 28.6 Å². The predicted octanol–water partition coefficient (Wildman–Crippen LogP) is 2.58. The van der Waals surface area contributed by atoms with E-state index in [1.165, 1.54) is 0 Å². The van der Waals surface area contributed by atoms with Gasteiger partial charge in [-0.15, -0.1) is 0 Å². The third kappa shape index (κ3) is 3.90. The van der Waals surface area contributed by atoms with Crippen LogP contribution in [0.5, 0.6) is 0 Å². The largest absolute Gasteiger partial charge is 0.358 e. The molecule has 28 heavy (non-hydrogen) atoms. The van der Waals surface area contributed by atoms with E-state index in [0.29, 0.717) is 17.2 Å². The predicted molar refractivity (Wildman–Crippen MR) is 111 cm³/mol. The summed E-state index contributed by atoms with van der Waals surface area (Å²) in [6.07, 6.45) is 0.170. The number of aromatic nitrogens is 4. The summed E-state index contributed by atoms with van der Waals surface area (Å²) >= 11 is 0. The molecule has 1 amide bonds. The molecule has 0 atom stereocenters. The number of hydrogen-bond acceptors (Lipinski definition) is 5. The van der Waals surface area contributed by atoms with E-state index in [9.17, 15) is 9.59 Å². The van der Waals surface area contributed by atoms with Crippen LogP contribution < -0.4 is 15.8 Å². The average molecular weight is 382 g/mol. The van der Waals surface area contributed by atoms with Crippen LogP contribution in [-0.4, -0.2) is 39.3 Å². The lowest BCUT2D eigenvalue weighted by atomic mass is 10.2. The first-order valence-corrected chi connectivity index (χ1v) is 9.31. The van der Waals surface area contributed by atoms with E-state index in [-0.39, 0.29) is 30.5 Å². The monoisotopic (exact) mass is 382 g/mol. The molecule has 0 spiro atoms. The number of aryl methyl sites for hydroxylation is 2. The summed E-state index contributed by atoms with van der Waals surface area (Å²) in [5.74, 6) is 0.854. The molecule has 0 fully saturated rings. The van der Waals surface area contributed by atoms with Gasteiger partial charge in [0.05, 0.1) is 16.7 Å². The Morgan fingerprint density at radius 1 is 1.25 bits per heavy atom. The highest BCUT2D eigenvalue weighted by Crippen LogP contribution is 2.17. The van der Waals surface area contributed by atoms with E-state index in [1.807, 2.05) is 51.1 Å². The van der Waals surface area contributed by atoms with Crippen molar-refractivity contribution in [2.75, 3.05) is 24.3 Å². The van der Waals surface area contributed by atoms with Gasteiger partial charge in [-0.2, -0.15) is 5.10 Å². The number of fused-ring (bicyclic) bond motifs is 1.